The number of carbonyl (C=O) groups excluding carboxylic acids is 5. The van der Waals surface area contributed by atoms with E-state index in [0.29, 0.717) is 142 Å². The Kier molecular flexibility index (Phi) is 22.9. The first-order valence-electron chi connectivity index (χ1n) is 31.0. The molecular formula is C73H89NO12. The first-order valence-corrected chi connectivity index (χ1v) is 31.0. The quantitative estimate of drug-likeness (QED) is 0.0334. The second-order valence-corrected chi connectivity index (χ2v) is 24.5. The number of methoxy groups -OCH3 is 2. The van der Waals surface area contributed by atoms with Gasteiger partial charge in [-0.2, -0.15) is 0 Å². The number of rotatable bonds is 26. The van der Waals surface area contributed by atoms with E-state index in [-0.39, 0.29) is 72.3 Å². The van der Waals surface area contributed by atoms with Crippen LogP contribution < -0.4 is 28.4 Å². The highest BCUT2D eigenvalue weighted by Crippen LogP contribution is 2.41. The summed E-state index contributed by atoms with van der Waals surface area (Å²) in [6, 6.07) is 21.8. The van der Waals surface area contributed by atoms with E-state index in [9.17, 15) is 24.0 Å². The summed E-state index contributed by atoms with van der Waals surface area (Å²) < 4.78 is 40.6. The first kappa shape index (κ1) is 64.3. The fourth-order valence-corrected chi connectivity index (χ4v) is 12.1. The number of benzene rings is 4. The second-order valence-electron chi connectivity index (χ2n) is 24.5. The number of aryl methyl sites for hydroxylation is 2. The number of Topliss-reactive ketones (excluding diaryl/α,β-unsaturated/α-hetero) is 3. The van der Waals surface area contributed by atoms with Crippen molar-refractivity contribution in [3.63, 3.8) is 0 Å². The molecule has 0 fully saturated rings. The average Bonchev–Trinajstić information content (AvgIpc) is 1.78. The molecule has 0 saturated carbocycles. The number of ketones is 3. The van der Waals surface area contributed by atoms with Gasteiger partial charge in [0.05, 0.1) is 33.5 Å². The van der Waals surface area contributed by atoms with Gasteiger partial charge in [-0.1, -0.05) is 107 Å². The summed E-state index contributed by atoms with van der Waals surface area (Å²) in [7, 11) is 3.18. The Morgan fingerprint density at radius 2 is 1.45 bits per heavy atom. The highest BCUT2D eigenvalue weighted by molar-refractivity contribution is 6.00. The number of amides is 1. The molecule has 0 bridgehead atoms. The molecule has 4 atom stereocenters. The van der Waals surface area contributed by atoms with E-state index in [2.05, 4.69) is 89.8 Å². The van der Waals surface area contributed by atoms with Crippen LogP contribution in [0.2, 0.25) is 0 Å². The van der Waals surface area contributed by atoms with Crippen molar-refractivity contribution in [2.75, 3.05) is 40.8 Å². The van der Waals surface area contributed by atoms with Gasteiger partial charge in [0.2, 0.25) is 6.79 Å². The van der Waals surface area contributed by atoms with Gasteiger partial charge in [0.15, 0.2) is 40.3 Å². The maximum absolute atomic E-state index is 14.2. The molecule has 13 nitrogen and oxygen atoms in total. The van der Waals surface area contributed by atoms with Crippen molar-refractivity contribution in [3.8, 4) is 34.5 Å². The number of fused-ring (bicyclic) bond motifs is 4. The number of hydrogen-bond donors (Lipinski definition) is 0. The van der Waals surface area contributed by atoms with Gasteiger partial charge in [-0.15, -0.1) is 0 Å². The standard InChI is InChI=1S/C73H89NO12/c1-10-35-84-71(78)24-15-21-61(73(5,6)7)64(77)23-12-17-49(4)62(75)33-28-51-26-30-52(31-27-51)53-18-14-22-63(76)59-44-66(80-8)70(43-56(59)29-25-48(3)38-50(11-2)39-53)83-37-16-36-82-69-42-55-19-13-20-58-40-57(54-32-34-65-68(41-54)86-47-85-65)46-74(58)72(79)60(55)45-67(69)81-9/h10,13,18,20,26-27,30-32,34,38,41-46,49-50,58,61H,1,11-12,14-17,19,21-25,28-29,33,35-37,39-40,47H2,2-9H3. The number of esters is 1. The lowest BCUT2D eigenvalue weighted by molar-refractivity contribution is -0.143. The predicted molar refractivity (Wildman–Crippen MR) is 337 cm³/mol. The van der Waals surface area contributed by atoms with Crippen LogP contribution in [0, 0.1) is 23.2 Å². The fourth-order valence-electron chi connectivity index (χ4n) is 12.1. The van der Waals surface area contributed by atoms with E-state index >= 15 is 0 Å². The topological polar surface area (TPSA) is 153 Å². The summed E-state index contributed by atoms with van der Waals surface area (Å²) >= 11 is 0. The van der Waals surface area contributed by atoms with Gasteiger partial charge in [-0.3, -0.25) is 24.0 Å². The third-order valence-electron chi connectivity index (χ3n) is 17.2. The molecule has 3 aliphatic heterocycles. The average molecular weight is 1170 g/mol. The summed E-state index contributed by atoms with van der Waals surface area (Å²) in [6.45, 7) is 17.2. The van der Waals surface area contributed by atoms with E-state index in [4.69, 9.17) is 33.2 Å². The third kappa shape index (κ3) is 17.1. The fraction of sp³-hybridized carbons (Fsp3) is 0.466. The molecule has 4 aromatic rings. The van der Waals surface area contributed by atoms with E-state index < -0.39 is 0 Å². The van der Waals surface area contributed by atoms with Gasteiger partial charge in [0.25, 0.3) is 5.91 Å². The number of ether oxygens (including phenoxy) is 7. The highest BCUT2D eigenvalue weighted by Gasteiger charge is 2.34. The van der Waals surface area contributed by atoms with Crippen LogP contribution in [-0.2, 0) is 38.4 Å². The first-order chi connectivity index (χ1) is 41.5. The van der Waals surface area contributed by atoms with Crippen LogP contribution in [0.1, 0.15) is 180 Å². The Balaban J connectivity index is 0.839. The van der Waals surface area contributed by atoms with Crippen LogP contribution >= 0.6 is 0 Å². The van der Waals surface area contributed by atoms with Crippen LogP contribution in [0.3, 0.4) is 0 Å². The molecule has 0 radical (unpaired) electrons. The van der Waals surface area contributed by atoms with Gasteiger partial charge >= 0.3 is 5.97 Å². The van der Waals surface area contributed by atoms with Gasteiger partial charge in [0, 0.05) is 61.3 Å². The van der Waals surface area contributed by atoms with Gasteiger partial charge < -0.3 is 38.1 Å². The monoisotopic (exact) mass is 1170 g/mol. The number of hydrogen-bond acceptors (Lipinski definition) is 12. The zero-order valence-corrected chi connectivity index (χ0v) is 52.0. The van der Waals surface area contributed by atoms with Crippen LogP contribution in [0.4, 0.5) is 0 Å². The summed E-state index contributed by atoms with van der Waals surface area (Å²) in [6.07, 6.45) is 22.7. The lowest BCUT2D eigenvalue weighted by Gasteiger charge is -2.29. The van der Waals surface area contributed by atoms with Crippen molar-refractivity contribution < 1.29 is 57.1 Å². The van der Waals surface area contributed by atoms with E-state index in [1.54, 1.807) is 31.3 Å². The molecule has 1 amide bonds. The molecule has 0 N–H and O–H groups in total. The normalized spacial score (nSPS) is 17.5. The van der Waals surface area contributed by atoms with Crippen molar-refractivity contribution in [1.82, 2.24) is 4.90 Å². The largest absolute Gasteiger partial charge is 0.493 e. The lowest BCUT2D eigenvalue weighted by atomic mass is 9.74. The van der Waals surface area contributed by atoms with Gasteiger partial charge in [-0.25, -0.2) is 0 Å². The number of nitrogens with zero attached hydrogens (tertiary/aromatic N) is 1. The molecular weight excluding hydrogens is 1080 g/mol. The van der Waals surface area contributed by atoms with Crippen molar-refractivity contribution in [3.05, 3.63) is 154 Å². The summed E-state index contributed by atoms with van der Waals surface area (Å²) in [4.78, 5) is 69.0. The van der Waals surface area contributed by atoms with Gasteiger partial charge in [-0.05, 0) is 171 Å². The molecule has 4 aliphatic rings. The van der Waals surface area contributed by atoms with E-state index in [1.165, 1.54) is 11.1 Å². The molecule has 1 aliphatic carbocycles. The molecule has 0 aromatic heterocycles. The minimum atomic E-state index is -0.274. The zero-order valence-electron chi connectivity index (χ0n) is 52.0. The molecule has 0 saturated heterocycles. The molecule has 86 heavy (non-hydrogen) atoms. The Morgan fingerprint density at radius 3 is 2.16 bits per heavy atom. The third-order valence-corrected chi connectivity index (χ3v) is 17.2. The highest BCUT2D eigenvalue weighted by atomic mass is 16.7. The minimum Gasteiger partial charge on any atom is -0.493 e. The maximum Gasteiger partial charge on any atom is 0.306 e. The molecule has 0 spiro atoms. The van der Waals surface area contributed by atoms with Crippen molar-refractivity contribution in [1.29, 1.82) is 0 Å². The Morgan fingerprint density at radius 1 is 0.756 bits per heavy atom. The molecule has 4 unspecified atom stereocenters. The van der Waals surface area contributed by atoms with Crippen molar-refractivity contribution >= 4 is 40.4 Å². The summed E-state index contributed by atoms with van der Waals surface area (Å²) in [5, 5.41) is 0. The molecule has 4 aromatic carbocycles. The molecule has 458 valence electrons. The summed E-state index contributed by atoms with van der Waals surface area (Å²) in [5.41, 5.74) is 9.50. The van der Waals surface area contributed by atoms with E-state index in [0.717, 1.165) is 58.4 Å². The molecule has 8 rings (SSSR count). The number of carbonyl (C=O) groups is 5. The lowest BCUT2D eigenvalue weighted by Crippen LogP contribution is -2.33. The predicted octanol–water partition coefficient (Wildman–Crippen LogP) is 15.4. The molecule has 13 heteroatoms. The number of allylic oxidation sites excluding steroid dienone is 5. The summed E-state index contributed by atoms with van der Waals surface area (Å²) in [5.74, 6) is 3.62. The Bertz CT molecular complexity index is 3210. The van der Waals surface area contributed by atoms with Crippen molar-refractivity contribution in [2.24, 2.45) is 23.2 Å². The maximum atomic E-state index is 14.2. The SMILES string of the molecule is C=CCOC(=O)CCCC(C(=O)CCCC(C)C(=O)CCc1ccc(C2=CCCC(=O)c3cc(OC)c(OCCCOc4cc5c(cc4OC)C(=O)N4C=C(c6ccc7c(c6)OCO7)CC4C=CC5)cc3CCC(C)=CC(CC)C2)cc1)C(C)(C)C. The Labute approximate surface area is 509 Å². The zero-order chi connectivity index (χ0) is 61.3. The van der Waals surface area contributed by atoms with Crippen molar-refractivity contribution in [2.45, 2.75) is 157 Å². The van der Waals surface area contributed by atoms with Crippen LogP contribution in [-0.4, -0.2) is 81.0 Å². The van der Waals surface area contributed by atoms with Gasteiger partial charge in [0.1, 0.15) is 18.2 Å². The minimum absolute atomic E-state index is 0.0534. The van der Waals surface area contributed by atoms with E-state index in [1.807, 2.05) is 49.5 Å². The molecule has 3 heterocycles. The Hall–Kier alpha value is -7.67. The second kappa shape index (κ2) is 30.6. The van der Waals surface area contributed by atoms with Crippen LogP contribution in [0.5, 0.6) is 34.5 Å². The van der Waals surface area contributed by atoms with Crippen LogP contribution in [0.25, 0.3) is 11.1 Å². The smallest absolute Gasteiger partial charge is 0.306 e. The van der Waals surface area contributed by atoms with Crippen LogP contribution in [0.15, 0.2) is 115 Å².